The highest BCUT2D eigenvalue weighted by Crippen LogP contribution is 2.21. The average molecular weight is 254 g/mol. The summed E-state index contributed by atoms with van der Waals surface area (Å²) in [4.78, 5) is 11.4. The molecule has 2 N–H and O–H groups in total. The molecule has 0 saturated heterocycles. The van der Waals surface area contributed by atoms with Crippen molar-refractivity contribution < 1.29 is 13.0 Å². The van der Waals surface area contributed by atoms with Gasteiger partial charge in [-0.15, -0.1) is 0 Å². The summed E-state index contributed by atoms with van der Waals surface area (Å²) in [7, 11) is -4.52. The lowest BCUT2D eigenvalue weighted by Gasteiger charge is -2.05. The van der Waals surface area contributed by atoms with Crippen molar-refractivity contribution in [3.8, 4) is 11.3 Å². The third-order valence-corrected chi connectivity index (χ3v) is 3.12. The normalized spacial score (nSPS) is 11.6. The van der Waals surface area contributed by atoms with Gasteiger partial charge in [0.05, 0.1) is 5.69 Å². The Kier molecular flexibility index (Phi) is 2.64. The summed E-state index contributed by atoms with van der Waals surface area (Å²) in [5.41, 5.74) is 0.342. The summed E-state index contributed by atoms with van der Waals surface area (Å²) in [6.07, 6.45) is 0. The minimum absolute atomic E-state index is 0.137. The van der Waals surface area contributed by atoms with E-state index in [-0.39, 0.29) is 11.3 Å². The first-order valence-electron chi connectivity index (χ1n) is 4.76. The van der Waals surface area contributed by atoms with Crippen LogP contribution in [0.15, 0.2) is 35.1 Å². The van der Waals surface area contributed by atoms with E-state index >= 15 is 0 Å². The molecule has 1 heterocycles. The highest BCUT2D eigenvalue weighted by molar-refractivity contribution is 7.84. The fourth-order valence-corrected chi connectivity index (χ4v) is 2.27. The summed E-state index contributed by atoms with van der Waals surface area (Å²) < 4.78 is 31.8. The van der Waals surface area contributed by atoms with Crippen LogP contribution in [0, 0.1) is 6.92 Å². The SMILES string of the molecule is Cc1c(-c2ccccc2)n(S(=O)(=O)O)[nH]c1=O. The number of nitrogens with one attached hydrogen (secondary N) is 1. The van der Waals surface area contributed by atoms with Gasteiger partial charge < -0.3 is 0 Å². The molecule has 1 aromatic carbocycles. The number of aromatic nitrogens is 2. The Morgan fingerprint density at radius 1 is 1.24 bits per heavy atom. The monoisotopic (exact) mass is 254 g/mol. The molecule has 90 valence electrons. The number of hydrogen-bond acceptors (Lipinski definition) is 3. The van der Waals surface area contributed by atoms with Gasteiger partial charge in [0, 0.05) is 11.1 Å². The number of H-pyrrole nitrogens is 1. The molecule has 0 unspecified atom stereocenters. The first-order chi connectivity index (χ1) is 7.91. The van der Waals surface area contributed by atoms with Gasteiger partial charge in [-0.3, -0.25) is 9.35 Å². The second kappa shape index (κ2) is 3.86. The summed E-state index contributed by atoms with van der Waals surface area (Å²) in [6, 6.07) is 8.48. The second-order valence-corrected chi connectivity index (χ2v) is 4.78. The molecule has 0 spiro atoms. The zero-order valence-corrected chi connectivity index (χ0v) is 9.73. The Morgan fingerprint density at radius 3 is 2.35 bits per heavy atom. The maximum absolute atomic E-state index is 11.4. The summed E-state index contributed by atoms with van der Waals surface area (Å²) in [5, 5.41) is 2.07. The van der Waals surface area contributed by atoms with E-state index in [0.29, 0.717) is 9.65 Å². The Morgan fingerprint density at radius 2 is 1.82 bits per heavy atom. The lowest BCUT2D eigenvalue weighted by atomic mass is 10.1. The predicted molar refractivity (Wildman–Crippen MR) is 62.2 cm³/mol. The van der Waals surface area contributed by atoms with Crippen LogP contribution in [0.2, 0.25) is 0 Å². The third-order valence-electron chi connectivity index (χ3n) is 2.38. The van der Waals surface area contributed by atoms with Crippen molar-refractivity contribution in [2.75, 3.05) is 0 Å². The number of rotatable bonds is 2. The van der Waals surface area contributed by atoms with E-state index in [4.69, 9.17) is 4.55 Å². The molecule has 6 nitrogen and oxygen atoms in total. The van der Waals surface area contributed by atoms with Gasteiger partial charge in [-0.2, -0.15) is 12.5 Å². The zero-order chi connectivity index (χ0) is 12.6. The molecule has 0 atom stereocenters. The largest absolute Gasteiger partial charge is 0.377 e. The van der Waals surface area contributed by atoms with Crippen LogP contribution in [-0.2, 0) is 10.3 Å². The Balaban J connectivity index is 2.83. The summed E-state index contributed by atoms with van der Waals surface area (Å²) in [6.45, 7) is 1.49. The van der Waals surface area contributed by atoms with Crippen LogP contribution in [0.4, 0.5) is 0 Å². The number of nitrogens with zero attached hydrogens (tertiary/aromatic N) is 1. The van der Waals surface area contributed by atoms with Crippen molar-refractivity contribution in [3.63, 3.8) is 0 Å². The molecule has 2 rings (SSSR count). The van der Waals surface area contributed by atoms with Gasteiger partial charge >= 0.3 is 10.3 Å². The van der Waals surface area contributed by atoms with E-state index in [9.17, 15) is 13.2 Å². The summed E-state index contributed by atoms with van der Waals surface area (Å²) >= 11 is 0. The molecule has 0 fully saturated rings. The van der Waals surface area contributed by atoms with Gasteiger partial charge in [-0.1, -0.05) is 30.3 Å². The molecule has 2 aromatic rings. The van der Waals surface area contributed by atoms with Gasteiger partial charge in [-0.25, -0.2) is 5.10 Å². The standard InChI is InChI=1S/C10H10N2O4S/c1-7-9(8-5-3-2-4-6-8)12(11-10(7)13)17(14,15)16/h2-6H,1H3,(H,11,13)(H,14,15,16). The Hall–Kier alpha value is -1.86. The van der Waals surface area contributed by atoms with Crippen LogP contribution >= 0.6 is 0 Å². The van der Waals surface area contributed by atoms with Crippen molar-refractivity contribution in [3.05, 3.63) is 46.2 Å². The van der Waals surface area contributed by atoms with E-state index in [1.54, 1.807) is 30.3 Å². The van der Waals surface area contributed by atoms with Gasteiger partial charge in [0.25, 0.3) is 5.56 Å². The molecule has 0 radical (unpaired) electrons. The molecule has 0 aliphatic rings. The van der Waals surface area contributed by atoms with Crippen LogP contribution in [0.3, 0.4) is 0 Å². The first kappa shape index (κ1) is 11.6. The lowest BCUT2D eigenvalue weighted by Crippen LogP contribution is -2.16. The van der Waals surface area contributed by atoms with Crippen molar-refractivity contribution >= 4 is 10.3 Å². The molecule has 17 heavy (non-hydrogen) atoms. The van der Waals surface area contributed by atoms with Crippen LogP contribution < -0.4 is 5.56 Å². The van der Waals surface area contributed by atoms with Gasteiger partial charge in [-0.05, 0) is 6.92 Å². The van der Waals surface area contributed by atoms with Crippen LogP contribution in [0.1, 0.15) is 5.56 Å². The molecule has 0 aliphatic heterocycles. The van der Waals surface area contributed by atoms with E-state index in [0.717, 1.165) is 0 Å². The van der Waals surface area contributed by atoms with Gasteiger partial charge in [0.1, 0.15) is 0 Å². The van der Waals surface area contributed by atoms with Crippen LogP contribution in [-0.4, -0.2) is 22.2 Å². The molecule has 1 aromatic heterocycles. The second-order valence-electron chi connectivity index (χ2n) is 3.52. The maximum atomic E-state index is 11.4. The fourth-order valence-electron chi connectivity index (χ4n) is 1.59. The zero-order valence-electron chi connectivity index (χ0n) is 8.91. The summed E-state index contributed by atoms with van der Waals surface area (Å²) in [5.74, 6) is 0. The fraction of sp³-hybridized carbons (Fsp3) is 0.100. The number of aromatic amines is 1. The van der Waals surface area contributed by atoms with Crippen molar-refractivity contribution in [1.82, 2.24) is 9.19 Å². The quantitative estimate of drug-likeness (QED) is 0.775. The van der Waals surface area contributed by atoms with Crippen molar-refractivity contribution in [1.29, 1.82) is 0 Å². The van der Waals surface area contributed by atoms with Gasteiger partial charge in [0.15, 0.2) is 0 Å². The minimum atomic E-state index is -4.52. The third kappa shape index (κ3) is 2.02. The maximum Gasteiger partial charge on any atom is 0.377 e. The topological polar surface area (TPSA) is 92.2 Å². The molecule has 0 amide bonds. The molecule has 0 aliphatic carbocycles. The lowest BCUT2D eigenvalue weighted by molar-refractivity contribution is 0.466. The average Bonchev–Trinajstić information content (AvgIpc) is 2.57. The molecular formula is C10H10N2O4S. The highest BCUT2D eigenvalue weighted by atomic mass is 32.2. The first-order valence-corrected chi connectivity index (χ1v) is 6.16. The van der Waals surface area contributed by atoms with E-state index in [2.05, 4.69) is 5.10 Å². The van der Waals surface area contributed by atoms with Crippen molar-refractivity contribution in [2.24, 2.45) is 0 Å². The molecule has 7 heteroatoms. The molecular weight excluding hydrogens is 244 g/mol. The number of benzene rings is 1. The van der Waals surface area contributed by atoms with Crippen LogP contribution in [0.25, 0.3) is 11.3 Å². The minimum Gasteiger partial charge on any atom is -0.268 e. The van der Waals surface area contributed by atoms with Gasteiger partial charge in [0.2, 0.25) is 0 Å². The van der Waals surface area contributed by atoms with E-state index in [1.165, 1.54) is 6.92 Å². The van der Waals surface area contributed by atoms with Crippen LogP contribution in [0.5, 0.6) is 0 Å². The Labute approximate surface area is 97.4 Å². The predicted octanol–water partition coefficient (Wildman–Crippen LogP) is 0.803. The van der Waals surface area contributed by atoms with Crippen molar-refractivity contribution in [2.45, 2.75) is 6.92 Å². The Bertz CT molecular complexity index is 698. The highest BCUT2D eigenvalue weighted by Gasteiger charge is 2.20. The van der Waals surface area contributed by atoms with E-state index < -0.39 is 15.9 Å². The molecule has 0 saturated carbocycles. The van der Waals surface area contributed by atoms with E-state index in [1.807, 2.05) is 0 Å². The smallest absolute Gasteiger partial charge is 0.268 e. The molecule has 0 bridgehead atoms. The number of hydrogen-bond donors (Lipinski definition) is 2.